The molecule has 6 nitrogen and oxygen atoms in total. The van der Waals surface area contributed by atoms with Gasteiger partial charge in [0.05, 0.1) is 11.5 Å². The number of nitrogens with zero attached hydrogens (tertiary/aromatic N) is 1. The highest BCUT2D eigenvalue weighted by Gasteiger charge is 2.32. The molecule has 0 radical (unpaired) electrons. The highest BCUT2D eigenvalue weighted by Crippen LogP contribution is 2.26. The smallest absolute Gasteiger partial charge is 0.241 e. The van der Waals surface area contributed by atoms with Crippen LogP contribution in [0, 0.1) is 19.8 Å². The Morgan fingerprint density at radius 3 is 2.33 bits per heavy atom. The molecule has 7 heteroatoms. The lowest BCUT2D eigenvalue weighted by molar-refractivity contribution is -0.134. The molecule has 2 rings (SSSR count). The Kier molecular flexibility index (Phi) is 7.28. The van der Waals surface area contributed by atoms with Gasteiger partial charge in [-0.25, -0.2) is 8.42 Å². The van der Waals surface area contributed by atoms with E-state index >= 15 is 0 Å². The molecule has 1 aliphatic rings. The number of aryl methyl sites for hydroxylation is 2. The number of sulfonamides is 1. The van der Waals surface area contributed by atoms with Gasteiger partial charge in [0.25, 0.3) is 0 Å². The van der Waals surface area contributed by atoms with E-state index in [0.717, 1.165) is 24.8 Å². The molecule has 1 fully saturated rings. The van der Waals surface area contributed by atoms with Crippen LogP contribution in [0.2, 0.25) is 0 Å². The van der Waals surface area contributed by atoms with Crippen LogP contribution < -0.4 is 9.46 Å². The maximum Gasteiger partial charge on any atom is 0.241 e. The zero-order valence-corrected chi connectivity index (χ0v) is 17.9. The second-order valence-electron chi connectivity index (χ2n) is 7.55. The molecule has 1 saturated heterocycles. The Hall–Kier alpha value is -1.60. The molecule has 27 heavy (non-hydrogen) atoms. The van der Waals surface area contributed by atoms with Gasteiger partial charge in [-0.3, -0.25) is 4.79 Å². The molecular formula is C20H32N2O4S. The maximum atomic E-state index is 13.1. The van der Waals surface area contributed by atoms with Crippen LogP contribution in [0.3, 0.4) is 0 Å². The van der Waals surface area contributed by atoms with Gasteiger partial charge in [-0.1, -0.05) is 13.8 Å². The highest BCUT2D eigenvalue weighted by molar-refractivity contribution is 7.89. The second kappa shape index (κ2) is 9.06. The number of carbonyl (C=O) groups is 1. The molecule has 1 atom stereocenters. The van der Waals surface area contributed by atoms with E-state index in [0.29, 0.717) is 31.0 Å². The first-order chi connectivity index (χ1) is 12.7. The van der Waals surface area contributed by atoms with Crippen molar-refractivity contribution in [2.45, 2.75) is 64.8 Å². The minimum absolute atomic E-state index is 0.131. The van der Waals surface area contributed by atoms with E-state index in [1.165, 1.54) is 0 Å². The number of hydrogen-bond acceptors (Lipinski definition) is 4. The quantitative estimate of drug-likeness (QED) is 0.769. The molecule has 0 spiro atoms. The lowest BCUT2D eigenvalue weighted by Gasteiger charge is -2.32. The summed E-state index contributed by atoms with van der Waals surface area (Å²) in [5.74, 6) is 0.408. The summed E-state index contributed by atoms with van der Waals surface area (Å²) in [6.45, 7) is 11.1. The summed E-state index contributed by atoms with van der Waals surface area (Å²) in [6, 6.07) is 2.59. The molecule has 0 saturated carbocycles. The number of rotatable bonds is 7. The minimum atomic E-state index is -3.83. The minimum Gasteiger partial charge on any atom is -0.494 e. The van der Waals surface area contributed by atoms with Gasteiger partial charge < -0.3 is 9.64 Å². The van der Waals surface area contributed by atoms with Gasteiger partial charge >= 0.3 is 0 Å². The molecule has 0 bridgehead atoms. The maximum absolute atomic E-state index is 13.1. The Bertz CT molecular complexity index is 768. The van der Waals surface area contributed by atoms with Crippen LogP contribution in [-0.2, 0) is 14.8 Å². The van der Waals surface area contributed by atoms with Crippen molar-refractivity contribution in [2.75, 3.05) is 19.7 Å². The van der Waals surface area contributed by atoms with Gasteiger partial charge in [0.15, 0.2) is 0 Å². The monoisotopic (exact) mass is 396 g/mol. The van der Waals surface area contributed by atoms with E-state index in [9.17, 15) is 13.2 Å². The first-order valence-electron chi connectivity index (χ1n) is 9.72. The number of piperidine rings is 1. The van der Waals surface area contributed by atoms with Crippen LogP contribution in [0.15, 0.2) is 17.0 Å². The predicted octanol–water partition coefficient (Wildman–Crippen LogP) is 3.02. The van der Waals surface area contributed by atoms with Crippen molar-refractivity contribution in [3.63, 3.8) is 0 Å². The topological polar surface area (TPSA) is 75.7 Å². The first kappa shape index (κ1) is 21.7. The molecule has 1 heterocycles. The number of likely N-dealkylation sites (tertiary alicyclic amines) is 1. The van der Waals surface area contributed by atoms with Gasteiger partial charge in [-0.05, 0) is 69.2 Å². The lowest BCUT2D eigenvalue weighted by atomic mass is 10.0. The van der Waals surface area contributed by atoms with Gasteiger partial charge in [0, 0.05) is 13.1 Å². The summed E-state index contributed by atoms with van der Waals surface area (Å²) in [4.78, 5) is 14.9. The van der Waals surface area contributed by atoms with Gasteiger partial charge in [0.1, 0.15) is 11.8 Å². The summed E-state index contributed by atoms with van der Waals surface area (Å²) in [6.07, 6.45) is 3.06. The third-order valence-electron chi connectivity index (χ3n) is 4.94. The van der Waals surface area contributed by atoms with E-state index in [4.69, 9.17) is 4.74 Å². The average Bonchev–Trinajstić information content (AvgIpc) is 2.62. The Morgan fingerprint density at radius 2 is 1.78 bits per heavy atom. The summed E-state index contributed by atoms with van der Waals surface area (Å²) in [7, 11) is -3.83. The molecule has 1 amide bonds. The third-order valence-corrected chi connectivity index (χ3v) is 6.53. The van der Waals surface area contributed by atoms with Crippen molar-refractivity contribution in [3.05, 3.63) is 23.3 Å². The number of carbonyl (C=O) groups excluding carboxylic acids is 1. The van der Waals surface area contributed by atoms with E-state index in [1.807, 2.05) is 27.7 Å². The predicted molar refractivity (Wildman–Crippen MR) is 106 cm³/mol. The molecule has 152 valence electrons. The van der Waals surface area contributed by atoms with E-state index in [1.54, 1.807) is 24.0 Å². The molecule has 0 unspecified atom stereocenters. The number of nitrogens with one attached hydrogen (secondary N) is 1. The Labute approximate surface area is 163 Å². The first-order valence-corrected chi connectivity index (χ1v) is 11.2. The number of amides is 1. The van der Waals surface area contributed by atoms with Crippen LogP contribution >= 0.6 is 0 Å². The molecule has 0 aliphatic carbocycles. The van der Waals surface area contributed by atoms with E-state index in [2.05, 4.69) is 4.72 Å². The van der Waals surface area contributed by atoms with E-state index < -0.39 is 16.1 Å². The second-order valence-corrected chi connectivity index (χ2v) is 9.23. The van der Waals surface area contributed by atoms with Crippen molar-refractivity contribution in [1.29, 1.82) is 0 Å². The molecule has 1 aliphatic heterocycles. The fourth-order valence-corrected chi connectivity index (χ4v) is 5.03. The zero-order valence-electron chi connectivity index (χ0n) is 17.0. The normalized spacial score (nSPS) is 16.4. The number of benzene rings is 1. The zero-order chi connectivity index (χ0) is 20.2. The Morgan fingerprint density at radius 1 is 1.15 bits per heavy atom. The lowest BCUT2D eigenvalue weighted by Crippen LogP contribution is -2.52. The molecule has 0 aromatic heterocycles. The van der Waals surface area contributed by atoms with Gasteiger partial charge in [0.2, 0.25) is 15.9 Å². The van der Waals surface area contributed by atoms with Crippen LogP contribution in [0.1, 0.15) is 51.2 Å². The molecule has 1 N–H and O–H groups in total. The average molecular weight is 397 g/mol. The summed E-state index contributed by atoms with van der Waals surface area (Å²) in [5.41, 5.74) is 1.36. The molecule has 1 aromatic rings. The molecule has 1 aromatic carbocycles. The fraction of sp³-hybridized carbons (Fsp3) is 0.650. The fourth-order valence-electron chi connectivity index (χ4n) is 3.38. The largest absolute Gasteiger partial charge is 0.494 e. The molecular weight excluding hydrogens is 364 g/mol. The van der Waals surface area contributed by atoms with Crippen molar-refractivity contribution in [3.8, 4) is 5.75 Å². The third kappa shape index (κ3) is 5.23. The summed E-state index contributed by atoms with van der Waals surface area (Å²) < 4.78 is 34.3. The Balaban J connectivity index is 2.29. The number of hydrogen-bond donors (Lipinski definition) is 1. The van der Waals surface area contributed by atoms with Crippen molar-refractivity contribution in [1.82, 2.24) is 9.62 Å². The van der Waals surface area contributed by atoms with Crippen molar-refractivity contribution >= 4 is 15.9 Å². The van der Waals surface area contributed by atoms with Gasteiger partial charge in [-0.15, -0.1) is 0 Å². The standard InChI is InChI=1S/C20H32N2O4S/c1-6-26-17-12-16(5)18(13-15(17)4)27(24,25)21-19(14(2)3)20(23)22-10-8-7-9-11-22/h12-14,19,21H,6-11H2,1-5H3/t19-/m1/s1. The van der Waals surface area contributed by atoms with E-state index in [-0.39, 0.29) is 16.7 Å². The number of ether oxygens (including phenoxy) is 1. The van der Waals surface area contributed by atoms with Crippen LogP contribution in [-0.4, -0.2) is 45.0 Å². The summed E-state index contributed by atoms with van der Waals surface area (Å²) >= 11 is 0. The van der Waals surface area contributed by atoms with Crippen molar-refractivity contribution < 1.29 is 17.9 Å². The summed E-state index contributed by atoms with van der Waals surface area (Å²) in [5, 5.41) is 0. The SMILES string of the molecule is CCOc1cc(C)c(S(=O)(=O)N[C@@H](C(=O)N2CCCCC2)C(C)C)cc1C. The van der Waals surface area contributed by atoms with Crippen molar-refractivity contribution in [2.24, 2.45) is 5.92 Å². The van der Waals surface area contributed by atoms with Crippen LogP contribution in [0.5, 0.6) is 5.75 Å². The van der Waals surface area contributed by atoms with Crippen LogP contribution in [0.4, 0.5) is 0 Å². The van der Waals surface area contributed by atoms with Gasteiger partial charge in [-0.2, -0.15) is 4.72 Å². The van der Waals surface area contributed by atoms with Crippen LogP contribution in [0.25, 0.3) is 0 Å². The highest BCUT2D eigenvalue weighted by atomic mass is 32.2.